The standard InChI is InChI=1S/C20H23FN2O3/c1-13-16(14(2)26-22-13)9-10-19(24)23-11-5-6-15(12-23)20(25)17-7-3-4-8-18(17)21/h3-4,7-8,15H,5-6,9-12H2,1-2H3/t15-/m1/s1. The number of Topliss-reactive ketones (excluding diaryl/α,β-unsaturated/α-hetero) is 1. The highest BCUT2D eigenvalue weighted by molar-refractivity contribution is 5.98. The van der Waals surface area contributed by atoms with Crippen LogP contribution in [-0.4, -0.2) is 34.8 Å². The lowest BCUT2D eigenvalue weighted by atomic mass is 9.89. The van der Waals surface area contributed by atoms with Crippen molar-refractivity contribution in [3.63, 3.8) is 0 Å². The van der Waals surface area contributed by atoms with Gasteiger partial charge in [0, 0.05) is 31.0 Å². The Labute approximate surface area is 152 Å². The fourth-order valence-corrected chi connectivity index (χ4v) is 3.55. The minimum absolute atomic E-state index is 0.0102. The first kappa shape index (κ1) is 18.3. The van der Waals surface area contributed by atoms with Crippen molar-refractivity contribution in [3.8, 4) is 0 Å². The number of carbonyl (C=O) groups excluding carboxylic acids is 2. The molecule has 1 fully saturated rings. The van der Waals surface area contributed by atoms with Gasteiger partial charge in [-0.05, 0) is 45.2 Å². The zero-order valence-corrected chi connectivity index (χ0v) is 15.1. The van der Waals surface area contributed by atoms with E-state index in [1.807, 2.05) is 13.8 Å². The topological polar surface area (TPSA) is 63.4 Å². The summed E-state index contributed by atoms with van der Waals surface area (Å²) in [4.78, 5) is 26.9. The summed E-state index contributed by atoms with van der Waals surface area (Å²) in [5.41, 5.74) is 1.89. The van der Waals surface area contributed by atoms with Crippen molar-refractivity contribution in [2.75, 3.05) is 13.1 Å². The average Bonchev–Trinajstić information content (AvgIpc) is 2.97. The summed E-state index contributed by atoms with van der Waals surface area (Å²) in [6.07, 6.45) is 2.36. The molecule has 26 heavy (non-hydrogen) atoms. The second-order valence-electron chi connectivity index (χ2n) is 6.83. The van der Waals surface area contributed by atoms with Crippen LogP contribution in [0.4, 0.5) is 4.39 Å². The van der Waals surface area contributed by atoms with Gasteiger partial charge in [0.25, 0.3) is 0 Å². The Morgan fingerprint density at radius 3 is 2.77 bits per heavy atom. The molecule has 0 N–H and O–H groups in total. The normalized spacial score (nSPS) is 17.3. The number of aryl methyl sites for hydroxylation is 2. The summed E-state index contributed by atoms with van der Waals surface area (Å²) in [6.45, 7) is 4.69. The Balaban J connectivity index is 1.62. The zero-order valence-electron chi connectivity index (χ0n) is 15.1. The molecule has 138 valence electrons. The largest absolute Gasteiger partial charge is 0.361 e. The predicted octanol–water partition coefficient (Wildman–Crippen LogP) is 3.48. The summed E-state index contributed by atoms with van der Waals surface area (Å²) in [6, 6.07) is 6.03. The third-order valence-corrected chi connectivity index (χ3v) is 5.05. The van der Waals surface area contributed by atoms with Crippen LogP contribution in [0.25, 0.3) is 0 Å². The van der Waals surface area contributed by atoms with Gasteiger partial charge in [-0.15, -0.1) is 0 Å². The van der Waals surface area contributed by atoms with Crippen LogP contribution in [0.5, 0.6) is 0 Å². The third kappa shape index (κ3) is 3.84. The maximum absolute atomic E-state index is 13.9. The first-order valence-electron chi connectivity index (χ1n) is 8.95. The highest BCUT2D eigenvalue weighted by Gasteiger charge is 2.30. The van der Waals surface area contributed by atoms with Crippen LogP contribution < -0.4 is 0 Å². The molecule has 0 aliphatic carbocycles. The maximum Gasteiger partial charge on any atom is 0.222 e. The summed E-state index contributed by atoms with van der Waals surface area (Å²) in [5.74, 6) is -0.313. The van der Waals surface area contributed by atoms with Gasteiger partial charge in [-0.25, -0.2) is 4.39 Å². The van der Waals surface area contributed by atoms with Crippen molar-refractivity contribution in [2.24, 2.45) is 5.92 Å². The molecule has 1 aliphatic rings. The van der Waals surface area contributed by atoms with Crippen molar-refractivity contribution in [1.82, 2.24) is 10.1 Å². The smallest absolute Gasteiger partial charge is 0.222 e. The highest BCUT2D eigenvalue weighted by atomic mass is 19.1. The molecule has 1 aromatic heterocycles. The molecule has 1 atom stereocenters. The SMILES string of the molecule is Cc1noc(C)c1CCC(=O)N1CCC[C@@H](C(=O)c2ccccc2F)C1. The molecule has 2 heterocycles. The number of ketones is 1. The molecule has 0 saturated carbocycles. The van der Waals surface area contributed by atoms with E-state index < -0.39 is 5.82 Å². The number of nitrogens with zero attached hydrogens (tertiary/aromatic N) is 2. The van der Waals surface area contributed by atoms with Crippen LogP contribution in [0.1, 0.15) is 46.6 Å². The van der Waals surface area contributed by atoms with E-state index in [2.05, 4.69) is 5.16 Å². The molecular formula is C20H23FN2O3. The number of likely N-dealkylation sites (tertiary alicyclic amines) is 1. The second kappa shape index (κ2) is 7.81. The Hall–Kier alpha value is -2.50. The monoisotopic (exact) mass is 358 g/mol. The summed E-state index contributed by atoms with van der Waals surface area (Å²) in [7, 11) is 0. The Kier molecular flexibility index (Phi) is 5.49. The molecule has 1 aromatic carbocycles. The molecule has 5 nitrogen and oxygen atoms in total. The van der Waals surface area contributed by atoms with E-state index in [9.17, 15) is 14.0 Å². The third-order valence-electron chi connectivity index (χ3n) is 5.05. The lowest BCUT2D eigenvalue weighted by molar-refractivity contribution is -0.132. The van der Waals surface area contributed by atoms with Gasteiger partial charge in [0.05, 0.1) is 11.3 Å². The van der Waals surface area contributed by atoms with Gasteiger partial charge in [0.15, 0.2) is 5.78 Å². The van der Waals surface area contributed by atoms with Gasteiger partial charge in [-0.3, -0.25) is 9.59 Å². The van der Waals surface area contributed by atoms with Crippen LogP contribution in [0.15, 0.2) is 28.8 Å². The maximum atomic E-state index is 13.9. The minimum Gasteiger partial charge on any atom is -0.361 e. The van der Waals surface area contributed by atoms with Crippen molar-refractivity contribution < 1.29 is 18.5 Å². The van der Waals surface area contributed by atoms with Crippen LogP contribution >= 0.6 is 0 Å². The molecule has 0 radical (unpaired) electrons. The van der Waals surface area contributed by atoms with Gasteiger partial charge in [0.1, 0.15) is 11.6 Å². The average molecular weight is 358 g/mol. The van der Waals surface area contributed by atoms with Crippen molar-refractivity contribution in [1.29, 1.82) is 0 Å². The van der Waals surface area contributed by atoms with E-state index in [-0.39, 0.29) is 23.2 Å². The number of hydrogen-bond donors (Lipinski definition) is 0. The van der Waals surface area contributed by atoms with Crippen LogP contribution in [0.3, 0.4) is 0 Å². The second-order valence-corrected chi connectivity index (χ2v) is 6.83. The highest BCUT2D eigenvalue weighted by Crippen LogP contribution is 2.23. The van der Waals surface area contributed by atoms with E-state index in [1.54, 1.807) is 17.0 Å². The molecule has 1 aliphatic heterocycles. The number of halogens is 1. The quantitative estimate of drug-likeness (QED) is 0.768. The first-order valence-corrected chi connectivity index (χ1v) is 8.95. The lowest BCUT2D eigenvalue weighted by Gasteiger charge is -2.32. The fraction of sp³-hybridized carbons (Fsp3) is 0.450. The number of piperidine rings is 1. The van der Waals surface area contributed by atoms with Gasteiger partial charge in [0.2, 0.25) is 5.91 Å². The van der Waals surface area contributed by atoms with E-state index in [0.29, 0.717) is 32.4 Å². The Morgan fingerprint density at radius 2 is 2.08 bits per heavy atom. The van der Waals surface area contributed by atoms with Crippen LogP contribution in [0, 0.1) is 25.6 Å². The molecule has 0 spiro atoms. The molecule has 3 rings (SSSR count). The molecule has 1 saturated heterocycles. The van der Waals surface area contributed by atoms with Gasteiger partial charge >= 0.3 is 0 Å². The Morgan fingerprint density at radius 1 is 1.31 bits per heavy atom. The van der Waals surface area contributed by atoms with Gasteiger partial charge in [-0.2, -0.15) is 0 Å². The van der Waals surface area contributed by atoms with Crippen LogP contribution in [0.2, 0.25) is 0 Å². The lowest BCUT2D eigenvalue weighted by Crippen LogP contribution is -2.42. The number of aromatic nitrogens is 1. The summed E-state index contributed by atoms with van der Waals surface area (Å²) < 4.78 is 19.0. The molecule has 2 aromatic rings. The van der Waals surface area contributed by atoms with E-state index >= 15 is 0 Å². The number of carbonyl (C=O) groups is 2. The van der Waals surface area contributed by atoms with Crippen molar-refractivity contribution >= 4 is 11.7 Å². The van der Waals surface area contributed by atoms with E-state index in [0.717, 1.165) is 23.4 Å². The molecule has 0 unspecified atom stereocenters. The number of hydrogen-bond acceptors (Lipinski definition) is 4. The van der Waals surface area contributed by atoms with Crippen LogP contribution in [-0.2, 0) is 11.2 Å². The zero-order chi connectivity index (χ0) is 18.7. The molecule has 0 bridgehead atoms. The van der Waals surface area contributed by atoms with Gasteiger partial charge < -0.3 is 9.42 Å². The van der Waals surface area contributed by atoms with Gasteiger partial charge in [-0.1, -0.05) is 17.3 Å². The molecular weight excluding hydrogens is 335 g/mol. The predicted molar refractivity (Wildman–Crippen MR) is 94.3 cm³/mol. The number of rotatable bonds is 5. The minimum atomic E-state index is -0.501. The van der Waals surface area contributed by atoms with Crippen molar-refractivity contribution in [3.05, 3.63) is 52.7 Å². The summed E-state index contributed by atoms with van der Waals surface area (Å²) in [5, 5.41) is 3.90. The molecule has 6 heteroatoms. The number of benzene rings is 1. The van der Waals surface area contributed by atoms with E-state index in [1.165, 1.54) is 12.1 Å². The fourth-order valence-electron chi connectivity index (χ4n) is 3.55. The van der Waals surface area contributed by atoms with Crippen molar-refractivity contribution in [2.45, 2.75) is 39.5 Å². The first-order chi connectivity index (χ1) is 12.5. The number of amides is 1. The summed E-state index contributed by atoms with van der Waals surface area (Å²) >= 11 is 0. The van der Waals surface area contributed by atoms with E-state index in [4.69, 9.17) is 4.52 Å². The Bertz CT molecular complexity index is 796. The molecule has 1 amide bonds.